The highest BCUT2D eigenvalue weighted by Gasteiger charge is 2.25. The topological polar surface area (TPSA) is 89.8 Å². The number of fused-ring (bicyclic) bond motifs is 3. The Balaban J connectivity index is 1.47. The maximum Gasteiger partial charge on any atom is 0.163 e. The minimum atomic E-state index is 0.575. The average Bonchev–Trinajstić information content (AvgIpc) is 2.96. The summed E-state index contributed by atoms with van der Waals surface area (Å²) in [5.41, 5.74) is 4.66. The van der Waals surface area contributed by atoms with Crippen molar-refractivity contribution >= 4 is 27.8 Å². The van der Waals surface area contributed by atoms with Crippen LogP contribution in [-0.2, 0) is 0 Å². The molecule has 8 nitrogen and oxygen atoms in total. The zero-order chi connectivity index (χ0) is 23.9. The highest BCUT2D eigenvalue weighted by atomic mass is 16.5. The van der Waals surface area contributed by atoms with Gasteiger partial charge in [0, 0.05) is 16.8 Å². The van der Waals surface area contributed by atoms with E-state index in [0.717, 1.165) is 50.5 Å². The van der Waals surface area contributed by atoms with E-state index >= 15 is 0 Å². The predicted octanol–water partition coefficient (Wildman–Crippen LogP) is 6.12. The van der Waals surface area contributed by atoms with Crippen LogP contribution in [0.2, 0.25) is 0 Å². The summed E-state index contributed by atoms with van der Waals surface area (Å²) in [6.07, 6.45) is 5.99. The van der Waals surface area contributed by atoms with E-state index in [1.807, 2.05) is 42.5 Å². The van der Waals surface area contributed by atoms with Gasteiger partial charge in [-0.3, -0.25) is 0 Å². The molecule has 8 heteroatoms. The van der Waals surface area contributed by atoms with Crippen LogP contribution in [0, 0.1) is 0 Å². The van der Waals surface area contributed by atoms with Crippen molar-refractivity contribution in [3.8, 4) is 34.3 Å². The molecule has 36 heavy (non-hydrogen) atoms. The summed E-state index contributed by atoms with van der Waals surface area (Å²) in [4.78, 5) is 27.7. The zero-order valence-corrected chi connectivity index (χ0v) is 18.9. The van der Waals surface area contributed by atoms with Gasteiger partial charge in [-0.25, -0.2) is 29.9 Å². The Hall–Kier alpha value is -5.24. The van der Waals surface area contributed by atoms with Gasteiger partial charge in [0.2, 0.25) is 0 Å². The first-order valence-corrected chi connectivity index (χ1v) is 11.3. The summed E-state index contributed by atoms with van der Waals surface area (Å²) in [7, 11) is 0. The Kier molecular flexibility index (Phi) is 4.60. The molecule has 0 unspecified atom stereocenters. The fourth-order valence-corrected chi connectivity index (χ4v) is 4.55. The third-order valence-electron chi connectivity index (χ3n) is 6.11. The van der Waals surface area contributed by atoms with Gasteiger partial charge >= 0.3 is 0 Å². The standard InChI is InChI=1S/C28H17N7O/c1-3-7-25-23(5-1)35(24-6-2-4-8-26(24)36-25)20-10-9-18-11-19(27-31-14-29-15-32-27)12-22(21(18)13-20)28-33-16-30-17-34-28/h1-17H. The van der Waals surface area contributed by atoms with Gasteiger partial charge in [-0.05, 0) is 59.3 Å². The maximum atomic E-state index is 6.19. The first-order valence-electron chi connectivity index (χ1n) is 11.3. The first-order chi connectivity index (χ1) is 17.8. The predicted molar refractivity (Wildman–Crippen MR) is 136 cm³/mol. The van der Waals surface area contributed by atoms with Crippen molar-refractivity contribution in [3.05, 3.63) is 104 Å². The van der Waals surface area contributed by atoms with Crippen LogP contribution in [0.15, 0.2) is 104 Å². The lowest BCUT2D eigenvalue weighted by Crippen LogP contribution is -2.15. The quantitative estimate of drug-likeness (QED) is 0.307. The van der Waals surface area contributed by atoms with Gasteiger partial charge in [0.1, 0.15) is 25.3 Å². The normalized spacial score (nSPS) is 12.1. The average molecular weight is 467 g/mol. The third kappa shape index (κ3) is 3.32. The lowest BCUT2D eigenvalue weighted by molar-refractivity contribution is 0.477. The Labute approximate surface area is 206 Å². The molecule has 4 aromatic carbocycles. The van der Waals surface area contributed by atoms with Crippen LogP contribution < -0.4 is 9.64 Å². The summed E-state index contributed by atoms with van der Waals surface area (Å²) >= 11 is 0. The molecule has 0 saturated heterocycles. The van der Waals surface area contributed by atoms with E-state index in [1.54, 1.807) is 0 Å². The molecule has 1 aliphatic rings. The van der Waals surface area contributed by atoms with E-state index < -0.39 is 0 Å². The van der Waals surface area contributed by atoms with Crippen molar-refractivity contribution in [2.45, 2.75) is 0 Å². The summed E-state index contributed by atoms with van der Waals surface area (Å²) in [5.74, 6) is 2.77. The molecule has 170 valence electrons. The lowest BCUT2D eigenvalue weighted by atomic mass is 9.98. The summed E-state index contributed by atoms with van der Waals surface area (Å²) in [6, 6.07) is 26.5. The number of hydrogen-bond acceptors (Lipinski definition) is 8. The molecule has 0 spiro atoms. The number of para-hydroxylation sites is 4. The molecule has 3 heterocycles. The smallest absolute Gasteiger partial charge is 0.163 e. The molecular weight excluding hydrogens is 450 g/mol. The van der Waals surface area contributed by atoms with E-state index in [4.69, 9.17) is 4.74 Å². The number of anilines is 3. The SMILES string of the molecule is c1ccc2c(c1)Oc1ccccc1N2c1ccc2cc(-c3ncncn3)cc(-c3ncncn3)c2c1. The summed E-state index contributed by atoms with van der Waals surface area (Å²) in [5, 5.41) is 2.01. The number of aromatic nitrogens is 6. The fourth-order valence-electron chi connectivity index (χ4n) is 4.55. The maximum absolute atomic E-state index is 6.19. The van der Waals surface area contributed by atoms with Gasteiger partial charge < -0.3 is 9.64 Å². The molecule has 2 aromatic heterocycles. The molecule has 0 saturated carbocycles. The molecule has 1 aliphatic heterocycles. The second kappa shape index (κ2) is 8.21. The molecular formula is C28H17N7O. The highest BCUT2D eigenvalue weighted by Crippen LogP contribution is 2.50. The Morgan fingerprint density at radius 3 is 1.86 bits per heavy atom. The van der Waals surface area contributed by atoms with Crippen LogP contribution in [-0.4, -0.2) is 29.9 Å². The molecule has 0 N–H and O–H groups in total. The van der Waals surface area contributed by atoms with Gasteiger partial charge in [-0.2, -0.15) is 0 Å². The van der Waals surface area contributed by atoms with Crippen LogP contribution in [0.4, 0.5) is 17.1 Å². The van der Waals surface area contributed by atoms with Crippen molar-refractivity contribution < 1.29 is 4.74 Å². The van der Waals surface area contributed by atoms with Crippen LogP contribution in [0.25, 0.3) is 33.5 Å². The number of rotatable bonds is 3. The van der Waals surface area contributed by atoms with E-state index in [1.165, 1.54) is 25.3 Å². The van der Waals surface area contributed by atoms with E-state index in [9.17, 15) is 0 Å². The van der Waals surface area contributed by atoms with Gasteiger partial charge in [-0.15, -0.1) is 0 Å². The number of hydrogen-bond donors (Lipinski definition) is 0. The third-order valence-corrected chi connectivity index (χ3v) is 6.11. The summed E-state index contributed by atoms with van der Waals surface area (Å²) < 4.78 is 6.19. The number of benzene rings is 4. The van der Waals surface area contributed by atoms with E-state index in [0.29, 0.717) is 11.6 Å². The van der Waals surface area contributed by atoms with Gasteiger partial charge in [0.15, 0.2) is 23.1 Å². The van der Waals surface area contributed by atoms with E-state index in [2.05, 4.69) is 71.2 Å². The van der Waals surface area contributed by atoms with Crippen LogP contribution in [0.3, 0.4) is 0 Å². The van der Waals surface area contributed by atoms with Crippen LogP contribution in [0.1, 0.15) is 0 Å². The minimum Gasteiger partial charge on any atom is -0.453 e. The highest BCUT2D eigenvalue weighted by molar-refractivity contribution is 6.01. The second-order valence-electron chi connectivity index (χ2n) is 8.23. The van der Waals surface area contributed by atoms with Crippen molar-refractivity contribution in [1.29, 1.82) is 0 Å². The Morgan fingerprint density at radius 1 is 0.583 bits per heavy atom. The molecule has 0 aliphatic carbocycles. The largest absolute Gasteiger partial charge is 0.453 e. The van der Waals surface area contributed by atoms with Crippen LogP contribution >= 0.6 is 0 Å². The zero-order valence-electron chi connectivity index (χ0n) is 18.9. The van der Waals surface area contributed by atoms with Crippen molar-refractivity contribution in [2.75, 3.05) is 4.90 Å². The monoisotopic (exact) mass is 467 g/mol. The molecule has 6 aromatic rings. The minimum absolute atomic E-state index is 0.575. The molecule has 0 amide bonds. The lowest BCUT2D eigenvalue weighted by Gasteiger charge is -2.33. The number of ether oxygens (including phenoxy) is 1. The van der Waals surface area contributed by atoms with Crippen molar-refractivity contribution in [1.82, 2.24) is 29.9 Å². The molecule has 0 bridgehead atoms. The Bertz CT molecular complexity index is 1680. The fraction of sp³-hybridized carbons (Fsp3) is 0. The Morgan fingerprint density at radius 2 is 1.19 bits per heavy atom. The van der Waals surface area contributed by atoms with E-state index in [-0.39, 0.29) is 0 Å². The van der Waals surface area contributed by atoms with Crippen molar-refractivity contribution in [2.24, 2.45) is 0 Å². The molecule has 0 radical (unpaired) electrons. The molecule has 0 atom stereocenters. The van der Waals surface area contributed by atoms with Crippen LogP contribution in [0.5, 0.6) is 11.5 Å². The molecule has 0 fully saturated rings. The van der Waals surface area contributed by atoms with Gasteiger partial charge in [-0.1, -0.05) is 30.3 Å². The first kappa shape index (κ1) is 20.2. The van der Waals surface area contributed by atoms with Gasteiger partial charge in [0.25, 0.3) is 0 Å². The molecule has 7 rings (SSSR count). The van der Waals surface area contributed by atoms with Gasteiger partial charge in [0.05, 0.1) is 11.4 Å². The van der Waals surface area contributed by atoms with Crippen molar-refractivity contribution in [3.63, 3.8) is 0 Å². The summed E-state index contributed by atoms with van der Waals surface area (Å²) in [6.45, 7) is 0. The second-order valence-corrected chi connectivity index (χ2v) is 8.23. The number of nitrogens with zero attached hydrogens (tertiary/aromatic N) is 7.